The second-order valence-corrected chi connectivity index (χ2v) is 5.93. The van der Waals surface area contributed by atoms with Gasteiger partial charge in [-0.2, -0.15) is 0 Å². The first-order valence-corrected chi connectivity index (χ1v) is 6.79. The van der Waals surface area contributed by atoms with E-state index in [1.807, 2.05) is 26.0 Å². The smallest absolute Gasteiger partial charge is 0.234 e. The number of imidazole rings is 1. The fourth-order valence-electron chi connectivity index (χ4n) is 2.52. The van der Waals surface area contributed by atoms with Crippen molar-refractivity contribution in [3.05, 3.63) is 23.5 Å². The SMILES string of the molecule is CCC(C)c1nc2cc3c(cc2[nH]1)NC(=O)C3(C)C. The molecule has 1 aliphatic heterocycles. The van der Waals surface area contributed by atoms with Crippen molar-refractivity contribution in [3.63, 3.8) is 0 Å². The summed E-state index contributed by atoms with van der Waals surface area (Å²) in [6, 6.07) is 4.03. The van der Waals surface area contributed by atoms with E-state index in [9.17, 15) is 4.79 Å². The van der Waals surface area contributed by atoms with Crippen molar-refractivity contribution in [3.8, 4) is 0 Å². The molecule has 0 radical (unpaired) electrons. The normalized spacial score (nSPS) is 18.4. The predicted octanol–water partition coefficient (Wildman–Crippen LogP) is 3.31. The van der Waals surface area contributed by atoms with E-state index in [0.717, 1.165) is 34.5 Å². The topological polar surface area (TPSA) is 57.8 Å². The fourth-order valence-corrected chi connectivity index (χ4v) is 2.52. The Hall–Kier alpha value is -1.84. The monoisotopic (exact) mass is 257 g/mol. The van der Waals surface area contributed by atoms with Crippen LogP contribution in [0.4, 0.5) is 5.69 Å². The highest BCUT2D eigenvalue weighted by molar-refractivity contribution is 6.07. The van der Waals surface area contributed by atoms with Gasteiger partial charge in [0.25, 0.3) is 0 Å². The molecule has 100 valence electrons. The average molecular weight is 257 g/mol. The second kappa shape index (κ2) is 3.83. The van der Waals surface area contributed by atoms with Gasteiger partial charge in [-0.05, 0) is 38.0 Å². The maximum atomic E-state index is 11.9. The van der Waals surface area contributed by atoms with Crippen molar-refractivity contribution in [2.75, 3.05) is 5.32 Å². The number of H-pyrrole nitrogens is 1. The van der Waals surface area contributed by atoms with E-state index in [2.05, 4.69) is 29.1 Å². The minimum Gasteiger partial charge on any atom is -0.342 e. The Bertz CT molecular complexity index is 669. The lowest BCUT2D eigenvalue weighted by molar-refractivity contribution is -0.119. The van der Waals surface area contributed by atoms with E-state index in [4.69, 9.17) is 0 Å². The zero-order valence-electron chi connectivity index (χ0n) is 11.8. The summed E-state index contributed by atoms with van der Waals surface area (Å²) in [7, 11) is 0. The molecule has 1 atom stereocenters. The summed E-state index contributed by atoms with van der Waals surface area (Å²) in [5.41, 5.74) is 3.40. The summed E-state index contributed by atoms with van der Waals surface area (Å²) in [5.74, 6) is 1.49. The number of rotatable bonds is 2. The van der Waals surface area contributed by atoms with Crippen LogP contribution < -0.4 is 5.32 Å². The van der Waals surface area contributed by atoms with E-state index in [1.54, 1.807) is 0 Å². The highest BCUT2D eigenvalue weighted by Crippen LogP contribution is 2.39. The van der Waals surface area contributed by atoms with Crippen LogP contribution in [0.3, 0.4) is 0 Å². The maximum absolute atomic E-state index is 11.9. The minimum absolute atomic E-state index is 0.0531. The Balaban J connectivity index is 2.17. The highest BCUT2D eigenvalue weighted by atomic mass is 16.2. The number of nitrogens with zero attached hydrogens (tertiary/aromatic N) is 1. The lowest BCUT2D eigenvalue weighted by Crippen LogP contribution is -2.26. The molecule has 1 aromatic carbocycles. The molecule has 4 heteroatoms. The van der Waals surface area contributed by atoms with Gasteiger partial charge in [-0.25, -0.2) is 4.98 Å². The van der Waals surface area contributed by atoms with Crippen LogP contribution in [-0.4, -0.2) is 15.9 Å². The number of hydrogen-bond acceptors (Lipinski definition) is 2. The fraction of sp³-hybridized carbons (Fsp3) is 0.467. The van der Waals surface area contributed by atoms with Gasteiger partial charge in [-0.1, -0.05) is 13.8 Å². The van der Waals surface area contributed by atoms with Crippen molar-refractivity contribution in [2.24, 2.45) is 0 Å². The summed E-state index contributed by atoms with van der Waals surface area (Å²) in [6.45, 7) is 8.21. The first-order valence-electron chi connectivity index (χ1n) is 6.79. The Labute approximate surface area is 112 Å². The third-order valence-corrected chi connectivity index (χ3v) is 4.21. The quantitative estimate of drug-likeness (QED) is 0.867. The molecule has 0 spiro atoms. The molecule has 1 aliphatic rings. The number of carbonyl (C=O) groups excluding carboxylic acids is 1. The summed E-state index contributed by atoms with van der Waals surface area (Å²) in [6.07, 6.45) is 1.06. The number of benzene rings is 1. The maximum Gasteiger partial charge on any atom is 0.234 e. The van der Waals surface area contributed by atoms with Gasteiger partial charge >= 0.3 is 0 Å². The van der Waals surface area contributed by atoms with Crippen LogP contribution in [-0.2, 0) is 10.2 Å². The molecular formula is C15H19N3O. The lowest BCUT2D eigenvalue weighted by atomic mass is 9.86. The standard InChI is InChI=1S/C15H19N3O/c1-5-8(2)13-16-11-6-9-10(7-12(11)17-13)18-14(19)15(9,3)4/h6-8H,5H2,1-4H3,(H,16,17)(H,18,19). The molecule has 0 bridgehead atoms. The largest absolute Gasteiger partial charge is 0.342 e. The van der Waals surface area contributed by atoms with Crippen LogP contribution in [0.2, 0.25) is 0 Å². The number of anilines is 1. The third-order valence-electron chi connectivity index (χ3n) is 4.21. The first-order chi connectivity index (χ1) is 8.93. The first kappa shape index (κ1) is 12.2. The molecular weight excluding hydrogens is 238 g/mol. The van der Waals surface area contributed by atoms with Crippen LogP contribution >= 0.6 is 0 Å². The molecule has 1 unspecified atom stereocenters. The third kappa shape index (κ3) is 1.66. The van der Waals surface area contributed by atoms with Gasteiger partial charge in [0, 0.05) is 11.6 Å². The summed E-state index contributed by atoms with van der Waals surface area (Å²) < 4.78 is 0. The molecule has 4 nitrogen and oxygen atoms in total. The molecule has 0 fully saturated rings. The van der Waals surface area contributed by atoms with Gasteiger partial charge in [0.15, 0.2) is 0 Å². The van der Waals surface area contributed by atoms with E-state index >= 15 is 0 Å². The molecule has 0 aliphatic carbocycles. The number of carbonyl (C=O) groups is 1. The van der Waals surface area contributed by atoms with Gasteiger partial charge in [-0.3, -0.25) is 4.79 Å². The number of amides is 1. The molecule has 0 saturated carbocycles. The predicted molar refractivity (Wildman–Crippen MR) is 76.5 cm³/mol. The van der Waals surface area contributed by atoms with Gasteiger partial charge < -0.3 is 10.3 Å². The van der Waals surface area contributed by atoms with Crippen LogP contribution in [0.15, 0.2) is 12.1 Å². The highest BCUT2D eigenvalue weighted by Gasteiger charge is 2.38. The summed E-state index contributed by atoms with van der Waals surface area (Å²) >= 11 is 0. The van der Waals surface area contributed by atoms with E-state index < -0.39 is 5.41 Å². The molecule has 19 heavy (non-hydrogen) atoms. The lowest BCUT2D eigenvalue weighted by Gasteiger charge is -2.14. The van der Waals surface area contributed by atoms with Gasteiger partial charge in [0.2, 0.25) is 5.91 Å². The molecule has 2 N–H and O–H groups in total. The number of nitrogens with one attached hydrogen (secondary N) is 2. The van der Waals surface area contributed by atoms with Gasteiger partial charge in [0.05, 0.1) is 16.4 Å². The van der Waals surface area contributed by atoms with Gasteiger partial charge in [0.1, 0.15) is 5.82 Å². The van der Waals surface area contributed by atoms with Crippen molar-refractivity contribution >= 4 is 22.6 Å². The van der Waals surface area contributed by atoms with Crippen LogP contribution in [0.25, 0.3) is 11.0 Å². The molecule has 0 saturated heterocycles. The van der Waals surface area contributed by atoms with E-state index in [-0.39, 0.29) is 5.91 Å². The zero-order chi connectivity index (χ0) is 13.8. The van der Waals surface area contributed by atoms with Crippen molar-refractivity contribution in [1.29, 1.82) is 0 Å². The molecule has 3 rings (SSSR count). The number of fused-ring (bicyclic) bond motifs is 2. The van der Waals surface area contributed by atoms with Crippen LogP contribution in [0.5, 0.6) is 0 Å². The average Bonchev–Trinajstić information content (AvgIpc) is 2.87. The van der Waals surface area contributed by atoms with E-state index in [1.165, 1.54) is 0 Å². The Morgan fingerprint density at radius 3 is 2.79 bits per heavy atom. The molecule has 1 amide bonds. The van der Waals surface area contributed by atoms with Crippen LogP contribution in [0, 0.1) is 0 Å². The number of aromatic amines is 1. The zero-order valence-corrected chi connectivity index (χ0v) is 11.8. The van der Waals surface area contributed by atoms with Gasteiger partial charge in [-0.15, -0.1) is 0 Å². The molecule has 2 aromatic rings. The number of hydrogen-bond donors (Lipinski definition) is 2. The van der Waals surface area contributed by atoms with E-state index in [0.29, 0.717) is 5.92 Å². The summed E-state index contributed by atoms with van der Waals surface area (Å²) in [4.78, 5) is 19.9. The Morgan fingerprint density at radius 2 is 2.11 bits per heavy atom. The number of aromatic nitrogens is 2. The van der Waals surface area contributed by atoms with Crippen LogP contribution in [0.1, 0.15) is 51.4 Å². The Kier molecular flexibility index (Phi) is 2.46. The van der Waals surface area contributed by atoms with Crippen molar-refractivity contribution in [1.82, 2.24) is 9.97 Å². The van der Waals surface area contributed by atoms with Crippen molar-refractivity contribution in [2.45, 2.75) is 45.4 Å². The Morgan fingerprint density at radius 1 is 1.37 bits per heavy atom. The summed E-state index contributed by atoms with van der Waals surface area (Å²) in [5, 5.41) is 2.95. The minimum atomic E-state index is -0.473. The molecule has 1 aromatic heterocycles. The molecule has 2 heterocycles. The second-order valence-electron chi connectivity index (χ2n) is 5.93. The van der Waals surface area contributed by atoms with Crippen molar-refractivity contribution < 1.29 is 4.79 Å².